The number of aromatic nitrogens is 1. The van der Waals surface area contributed by atoms with Gasteiger partial charge >= 0.3 is 0 Å². The Kier molecular flexibility index (Phi) is 1.70. The minimum atomic E-state index is -0.155. The molecule has 0 spiro atoms. The van der Waals surface area contributed by atoms with E-state index in [1.807, 2.05) is 0 Å². The summed E-state index contributed by atoms with van der Waals surface area (Å²) in [6, 6.07) is 2.73. The zero-order valence-electron chi connectivity index (χ0n) is 7.53. The summed E-state index contributed by atoms with van der Waals surface area (Å²) >= 11 is 0. The van der Waals surface area contributed by atoms with Crippen LogP contribution in [0.15, 0.2) is 18.3 Å². The third-order valence-electron chi connectivity index (χ3n) is 2.17. The second-order valence-electron chi connectivity index (χ2n) is 3.11. The number of carbonyl (C=O) groups excluding carboxylic acids is 1. The van der Waals surface area contributed by atoms with Crippen molar-refractivity contribution in [3.05, 3.63) is 23.9 Å². The van der Waals surface area contributed by atoms with E-state index >= 15 is 0 Å². The van der Waals surface area contributed by atoms with E-state index in [0.29, 0.717) is 16.5 Å². The van der Waals surface area contributed by atoms with Gasteiger partial charge in [-0.05, 0) is 19.1 Å². The van der Waals surface area contributed by atoms with Crippen LogP contribution in [0, 0.1) is 0 Å². The van der Waals surface area contributed by atoms with Crippen LogP contribution in [-0.4, -0.2) is 21.0 Å². The van der Waals surface area contributed by atoms with E-state index in [-0.39, 0.29) is 17.3 Å². The lowest BCUT2D eigenvalue weighted by molar-refractivity contribution is 0.101. The van der Waals surface area contributed by atoms with Crippen LogP contribution in [0.2, 0.25) is 0 Å². The van der Waals surface area contributed by atoms with E-state index < -0.39 is 0 Å². The van der Waals surface area contributed by atoms with Crippen LogP contribution < -0.4 is 0 Å². The highest BCUT2D eigenvalue weighted by molar-refractivity contribution is 6.10. The zero-order valence-corrected chi connectivity index (χ0v) is 7.53. The van der Waals surface area contributed by atoms with Gasteiger partial charge in [0.05, 0.1) is 10.9 Å². The van der Waals surface area contributed by atoms with Crippen molar-refractivity contribution < 1.29 is 15.0 Å². The number of rotatable bonds is 1. The Bertz CT molecular complexity index is 513. The Labute approximate surface area is 79.8 Å². The number of benzene rings is 1. The van der Waals surface area contributed by atoms with Crippen LogP contribution in [0.3, 0.4) is 0 Å². The molecule has 2 rings (SSSR count). The van der Waals surface area contributed by atoms with Crippen molar-refractivity contribution >= 4 is 16.7 Å². The summed E-state index contributed by atoms with van der Waals surface area (Å²) in [6.45, 7) is 1.41. The summed E-state index contributed by atoms with van der Waals surface area (Å²) in [5.74, 6) is -0.147. The van der Waals surface area contributed by atoms with Gasteiger partial charge in [0.25, 0.3) is 0 Å². The summed E-state index contributed by atoms with van der Waals surface area (Å²) in [5.41, 5.74) is 0.767. The van der Waals surface area contributed by atoms with E-state index in [9.17, 15) is 15.0 Å². The minimum absolute atomic E-state index is 0.00995. The van der Waals surface area contributed by atoms with Gasteiger partial charge in [-0.25, -0.2) is 0 Å². The summed E-state index contributed by atoms with van der Waals surface area (Å²) < 4.78 is 0. The molecule has 0 unspecified atom stereocenters. The SMILES string of the molecule is CC(=O)c1c[nH]c2c(O)ccc(O)c12. The molecule has 0 aliphatic heterocycles. The molecule has 0 aliphatic rings. The Morgan fingerprint density at radius 2 is 1.93 bits per heavy atom. The molecule has 0 fully saturated rings. The fourth-order valence-corrected chi connectivity index (χ4v) is 1.49. The number of phenols is 2. The highest BCUT2D eigenvalue weighted by Gasteiger charge is 2.13. The summed E-state index contributed by atoms with van der Waals surface area (Å²) in [7, 11) is 0. The van der Waals surface area contributed by atoms with Crippen LogP contribution in [0.1, 0.15) is 17.3 Å². The van der Waals surface area contributed by atoms with E-state index in [2.05, 4.69) is 4.98 Å². The van der Waals surface area contributed by atoms with Gasteiger partial charge < -0.3 is 15.2 Å². The maximum absolute atomic E-state index is 11.2. The number of aromatic hydroxyl groups is 2. The topological polar surface area (TPSA) is 73.3 Å². The second-order valence-corrected chi connectivity index (χ2v) is 3.11. The average molecular weight is 191 g/mol. The lowest BCUT2D eigenvalue weighted by Crippen LogP contribution is -1.88. The molecule has 0 aliphatic carbocycles. The first-order chi connectivity index (χ1) is 6.61. The largest absolute Gasteiger partial charge is 0.507 e. The minimum Gasteiger partial charge on any atom is -0.507 e. The van der Waals surface area contributed by atoms with Crippen LogP contribution in [-0.2, 0) is 0 Å². The van der Waals surface area contributed by atoms with Crippen molar-refractivity contribution in [3.8, 4) is 11.5 Å². The monoisotopic (exact) mass is 191 g/mol. The molecule has 0 amide bonds. The fraction of sp³-hybridized carbons (Fsp3) is 0.100. The molecule has 0 saturated carbocycles. The van der Waals surface area contributed by atoms with E-state index in [1.165, 1.54) is 25.3 Å². The number of fused-ring (bicyclic) bond motifs is 1. The molecule has 72 valence electrons. The number of hydrogen-bond donors (Lipinski definition) is 3. The van der Waals surface area contributed by atoms with Crippen molar-refractivity contribution in [2.45, 2.75) is 6.92 Å². The molecule has 1 aromatic heterocycles. The average Bonchev–Trinajstić information content (AvgIpc) is 2.56. The molecule has 0 saturated heterocycles. The Morgan fingerprint density at radius 1 is 1.29 bits per heavy atom. The molecule has 4 heteroatoms. The molecular weight excluding hydrogens is 182 g/mol. The van der Waals surface area contributed by atoms with Gasteiger partial charge in [-0.15, -0.1) is 0 Å². The van der Waals surface area contributed by atoms with Gasteiger partial charge in [0.15, 0.2) is 5.78 Å². The second kappa shape index (κ2) is 2.77. The molecule has 4 nitrogen and oxygen atoms in total. The molecule has 14 heavy (non-hydrogen) atoms. The standard InChI is InChI=1S/C10H9NO3/c1-5(12)6-4-11-10-8(14)3-2-7(13)9(6)10/h2-4,11,13-14H,1H3. The van der Waals surface area contributed by atoms with Crippen molar-refractivity contribution in [1.29, 1.82) is 0 Å². The van der Waals surface area contributed by atoms with Crippen LogP contribution in [0.4, 0.5) is 0 Å². The van der Waals surface area contributed by atoms with Crippen molar-refractivity contribution in [2.24, 2.45) is 0 Å². The lowest BCUT2D eigenvalue weighted by atomic mass is 10.1. The maximum Gasteiger partial charge on any atom is 0.162 e. The number of phenolic OH excluding ortho intramolecular Hbond substituents is 2. The van der Waals surface area contributed by atoms with Gasteiger partial charge in [0, 0.05) is 11.8 Å². The molecular formula is C10H9NO3. The predicted octanol–water partition coefficient (Wildman–Crippen LogP) is 1.78. The molecule has 0 radical (unpaired) electrons. The number of H-pyrrole nitrogens is 1. The number of Topliss-reactive ketones (excluding diaryl/α,β-unsaturated/α-hetero) is 1. The van der Waals surface area contributed by atoms with Gasteiger partial charge in [0.2, 0.25) is 0 Å². The Balaban J connectivity index is 2.90. The van der Waals surface area contributed by atoms with E-state index in [0.717, 1.165) is 0 Å². The third-order valence-corrected chi connectivity index (χ3v) is 2.17. The number of hydrogen-bond acceptors (Lipinski definition) is 3. The first-order valence-corrected chi connectivity index (χ1v) is 4.14. The first kappa shape index (κ1) is 8.62. The van der Waals surface area contributed by atoms with Gasteiger partial charge in [0.1, 0.15) is 11.5 Å². The Morgan fingerprint density at radius 3 is 2.57 bits per heavy atom. The predicted molar refractivity (Wildman–Crippen MR) is 51.6 cm³/mol. The smallest absolute Gasteiger partial charge is 0.162 e. The summed E-state index contributed by atoms with van der Waals surface area (Å²) in [4.78, 5) is 13.9. The summed E-state index contributed by atoms with van der Waals surface area (Å²) in [5, 5.41) is 19.3. The number of carbonyl (C=O) groups is 1. The van der Waals surface area contributed by atoms with Gasteiger partial charge in [-0.2, -0.15) is 0 Å². The number of aromatic amines is 1. The van der Waals surface area contributed by atoms with Gasteiger partial charge in [-0.1, -0.05) is 0 Å². The number of nitrogens with one attached hydrogen (secondary N) is 1. The van der Waals surface area contributed by atoms with Crippen molar-refractivity contribution in [1.82, 2.24) is 4.98 Å². The van der Waals surface area contributed by atoms with E-state index in [1.54, 1.807) is 0 Å². The molecule has 0 atom stereocenters. The van der Waals surface area contributed by atoms with Crippen LogP contribution in [0.25, 0.3) is 10.9 Å². The molecule has 2 aromatic rings. The highest BCUT2D eigenvalue weighted by Crippen LogP contribution is 2.33. The van der Waals surface area contributed by atoms with E-state index in [4.69, 9.17) is 0 Å². The highest BCUT2D eigenvalue weighted by atomic mass is 16.3. The summed E-state index contributed by atoms with van der Waals surface area (Å²) in [6.07, 6.45) is 1.48. The number of ketones is 1. The Hall–Kier alpha value is -1.97. The molecule has 1 aromatic carbocycles. The first-order valence-electron chi connectivity index (χ1n) is 4.14. The van der Waals surface area contributed by atoms with Crippen LogP contribution in [0.5, 0.6) is 11.5 Å². The van der Waals surface area contributed by atoms with Crippen molar-refractivity contribution in [2.75, 3.05) is 0 Å². The molecule has 3 N–H and O–H groups in total. The maximum atomic E-state index is 11.2. The molecule has 0 bridgehead atoms. The molecule has 1 heterocycles. The third kappa shape index (κ3) is 1.04. The quantitative estimate of drug-likeness (QED) is 0.475. The van der Waals surface area contributed by atoms with Crippen molar-refractivity contribution in [3.63, 3.8) is 0 Å². The fourth-order valence-electron chi connectivity index (χ4n) is 1.49. The lowest BCUT2D eigenvalue weighted by Gasteiger charge is -1.99. The normalized spacial score (nSPS) is 10.6. The van der Waals surface area contributed by atoms with Crippen LogP contribution >= 0.6 is 0 Å². The van der Waals surface area contributed by atoms with Gasteiger partial charge in [-0.3, -0.25) is 4.79 Å². The zero-order chi connectivity index (χ0) is 10.3.